The Morgan fingerprint density at radius 3 is 2.81 bits per heavy atom. The molecule has 0 saturated carbocycles. The molecule has 26 heavy (non-hydrogen) atoms. The van der Waals surface area contributed by atoms with E-state index in [1.165, 1.54) is 0 Å². The van der Waals surface area contributed by atoms with Gasteiger partial charge in [-0.25, -0.2) is 0 Å². The Labute approximate surface area is 152 Å². The summed E-state index contributed by atoms with van der Waals surface area (Å²) in [7, 11) is 3.55. The molecular formula is C17H25N7O2. The van der Waals surface area contributed by atoms with Crippen molar-refractivity contribution in [3.63, 3.8) is 0 Å². The van der Waals surface area contributed by atoms with Crippen molar-refractivity contribution in [3.8, 4) is 0 Å². The summed E-state index contributed by atoms with van der Waals surface area (Å²) in [5.74, 6) is 1.76. The first-order valence-corrected chi connectivity index (χ1v) is 8.68. The minimum absolute atomic E-state index is 0.0222. The van der Waals surface area contributed by atoms with Crippen LogP contribution in [0.25, 0.3) is 0 Å². The van der Waals surface area contributed by atoms with E-state index in [1.807, 2.05) is 24.2 Å². The number of piperazine rings is 1. The highest BCUT2D eigenvalue weighted by atomic mass is 16.5. The zero-order valence-corrected chi connectivity index (χ0v) is 15.6. The van der Waals surface area contributed by atoms with Gasteiger partial charge in [0, 0.05) is 39.4 Å². The third-order valence-electron chi connectivity index (χ3n) is 4.32. The molecule has 140 valence electrons. The third kappa shape index (κ3) is 3.87. The molecule has 0 aliphatic carbocycles. The second-order valence-corrected chi connectivity index (χ2v) is 6.61. The van der Waals surface area contributed by atoms with Crippen molar-refractivity contribution in [3.05, 3.63) is 29.9 Å². The molecule has 0 spiro atoms. The number of amides is 1. The van der Waals surface area contributed by atoms with Gasteiger partial charge in [-0.2, -0.15) is 5.10 Å². The molecule has 0 unspecified atom stereocenters. The Morgan fingerprint density at radius 1 is 1.42 bits per heavy atom. The Kier molecular flexibility index (Phi) is 5.24. The van der Waals surface area contributed by atoms with Crippen molar-refractivity contribution in [2.75, 3.05) is 31.6 Å². The number of carbonyl (C=O) groups is 1. The standard InChI is InChI=1S/C17H25N7O2/c1-12(2)15-7-14(26-21-15)9-19-17(18-3)23-5-6-24(16(25)11-23)13-8-20-22(4)10-13/h7-8,10,12H,5-6,9,11H2,1-4H3,(H,18,19). The molecule has 0 radical (unpaired) electrons. The summed E-state index contributed by atoms with van der Waals surface area (Å²) in [6, 6.07) is 1.94. The first kappa shape index (κ1) is 18.0. The van der Waals surface area contributed by atoms with Crippen molar-refractivity contribution in [1.82, 2.24) is 25.2 Å². The molecule has 9 heteroatoms. The molecule has 1 saturated heterocycles. The SMILES string of the molecule is CN=C(NCc1cc(C(C)C)no1)N1CCN(c2cnn(C)c2)C(=O)C1. The molecule has 2 aromatic heterocycles. The summed E-state index contributed by atoms with van der Waals surface area (Å²) >= 11 is 0. The summed E-state index contributed by atoms with van der Waals surface area (Å²) in [6.07, 6.45) is 3.55. The quantitative estimate of drug-likeness (QED) is 0.646. The van der Waals surface area contributed by atoms with Crippen molar-refractivity contribution >= 4 is 17.6 Å². The minimum atomic E-state index is 0.0222. The number of rotatable bonds is 4. The average molecular weight is 359 g/mol. The number of carbonyl (C=O) groups excluding carboxylic acids is 1. The van der Waals surface area contributed by atoms with Gasteiger partial charge in [-0.05, 0) is 5.92 Å². The largest absolute Gasteiger partial charge is 0.359 e. The van der Waals surface area contributed by atoms with Crippen LogP contribution in [0.1, 0.15) is 31.2 Å². The van der Waals surface area contributed by atoms with Gasteiger partial charge in [0.25, 0.3) is 0 Å². The first-order chi connectivity index (χ1) is 12.5. The zero-order chi connectivity index (χ0) is 18.7. The molecular weight excluding hydrogens is 334 g/mol. The van der Waals surface area contributed by atoms with E-state index in [1.54, 1.807) is 22.8 Å². The number of guanidine groups is 1. The fraction of sp³-hybridized carbons (Fsp3) is 0.529. The highest BCUT2D eigenvalue weighted by molar-refractivity contribution is 5.98. The van der Waals surface area contributed by atoms with Crippen LogP contribution in [0.2, 0.25) is 0 Å². The van der Waals surface area contributed by atoms with E-state index in [2.05, 4.69) is 34.4 Å². The molecule has 1 aliphatic rings. The van der Waals surface area contributed by atoms with Gasteiger partial charge >= 0.3 is 0 Å². The van der Waals surface area contributed by atoms with E-state index in [0.717, 1.165) is 17.1 Å². The lowest BCUT2D eigenvalue weighted by Crippen LogP contribution is -2.55. The van der Waals surface area contributed by atoms with Gasteiger partial charge in [0.05, 0.1) is 24.1 Å². The second kappa shape index (κ2) is 7.59. The maximum atomic E-state index is 12.5. The number of aromatic nitrogens is 3. The maximum Gasteiger partial charge on any atom is 0.246 e. The summed E-state index contributed by atoms with van der Waals surface area (Å²) < 4.78 is 7.03. The van der Waals surface area contributed by atoms with Crippen LogP contribution >= 0.6 is 0 Å². The molecule has 1 fully saturated rings. The summed E-state index contributed by atoms with van der Waals surface area (Å²) in [5, 5.41) is 11.4. The molecule has 3 heterocycles. The highest BCUT2D eigenvalue weighted by Crippen LogP contribution is 2.16. The lowest BCUT2D eigenvalue weighted by molar-refractivity contribution is -0.120. The van der Waals surface area contributed by atoms with Gasteiger partial charge in [-0.15, -0.1) is 0 Å². The predicted molar refractivity (Wildman–Crippen MR) is 97.9 cm³/mol. The first-order valence-electron chi connectivity index (χ1n) is 8.68. The number of hydrogen-bond acceptors (Lipinski definition) is 5. The molecule has 2 aromatic rings. The third-order valence-corrected chi connectivity index (χ3v) is 4.32. The maximum absolute atomic E-state index is 12.5. The molecule has 0 aromatic carbocycles. The monoisotopic (exact) mass is 359 g/mol. The minimum Gasteiger partial charge on any atom is -0.359 e. The smallest absolute Gasteiger partial charge is 0.246 e. The number of nitrogens with one attached hydrogen (secondary N) is 1. The summed E-state index contributed by atoms with van der Waals surface area (Å²) in [5.41, 5.74) is 1.75. The number of aryl methyl sites for hydroxylation is 1. The number of aliphatic imine (C=N–C) groups is 1. The van der Waals surface area contributed by atoms with E-state index in [-0.39, 0.29) is 12.5 Å². The van der Waals surface area contributed by atoms with Gasteiger partial charge in [-0.1, -0.05) is 19.0 Å². The highest BCUT2D eigenvalue weighted by Gasteiger charge is 2.27. The molecule has 9 nitrogen and oxygen atoms in total. The lowest BCUT2D eigenvalue weighted by Gasteiger charge is -2.35. The fourth-order valence-corrected chi connectivity index (χ4v) is 2.86. The van der Waals surface area contributed by atoms with E-state index < -0.39 is 0 Å². The van der Waals surface area contributed by atoms with E-state index >= 15 is 0 Å². The summed E-state index contributed by atoms with van der Waals surface area (Å²) in [6.45, 7) is 6.16. The fourth-order valence-electron chi connectivity index (χ4n) is 2.86. The zero-order valence-electron chi connectivity index (χ0n) is 15.6. The van der Waals surface area contributed by atoms with Crippen LogP contribution in [0.4, 0.5) is 5.69 Å². The predicted octanol–water partition coefficient (Wildman–Crippen LogP) is 0.956. The van der Waals surface area contributed by atoms with Crippen LogP contribution in [0, 0.1) is 0 Å². The van der Waals surface area contributed by atoms with Crippen LogP contribution in [0.15, 0.2) is 28.0 Å². The number of nitrogens with zero attached hydrogens (tertiary/aromatic N) is 6. The van der Waals surface area contributed by atoms with E-state index in [0.29, 0.717) is 31.5 Å². The Hall–Kier alpha value is -2.84. The van der Waals surface area contributed by atoms with Gasteiger partial charge in [0.2, 0.25) is 5.91 Å². The topological polar surface area (TPSA) is 91.8 Å². The van der Waals surface area contributed by atoms with Crippen LogP contribution in [0.3, 0.4) is 0 Å². The van der Waals surface area contributed by atoms with Gasteiger partial charge < -0.3 is 19.6 Å². The van der Waals surface area contributed by atoms with Crippen molar-refractivity contribution in [1.29, 1.82) is 0 Å². The summed E-state index contributed by atoms with van der Waals surface area (Å²) in [4.78, 5) is 20.5. The molecule has 0 bridgehead atoms. The van der Waals surface area contributed by atoms with Gasteiger partial charge in [0.1, 0.15) is 6.54 Å². The number of hydrogen-bond donors (Lipinski definition) is 1. The number of anilines is 1. The normalized spacial score (nSPS) is 15.9. The Morgan fingerprint density at radius 2 is 2.23 bits per heavy atom. The van der Waals surface area contributed by atoms with Crippen LogP contribution in [0.5, 0.6) is 0 Å². The van der Waals surface area contributed by atoms with Crippen molar-refractivity contribution < 1.29 is 9.32 Å². The second-order valence-electron chi connectivity index (χ2n) is 6.61. The molecule has 1 N–H and O–H groups in total. The van der Waals surface area contributed by atoms with Crippen molar-refractivity contribution in [2.45, 2.75) is 26.3 Å². The van der Waals surface area contributed by atoms with Gasteiger partial charge in [-0.3, -0.25) is 14.5 Å². The Bertz CT molecular complexity index is 793. The van der Waals surface area contributed by atoms with E-state index in [9.17, 15) is 4.79 Å². The van der Waals surface area contributed by atoms with Crippen LogP contribution < -0.4 is 10.2 Å². The lowest BCUT2D eigenvalue weighted by atomic mass is 10.1. The molecule has 1 aliphatic heterocycles. The molecule has 0 atom stereocenters. The average Bonchev–Trinajstić information content (AvgIpc) is 3.25. The van der Waals surface area contributed by atoms with Crippen LogP contribution in [-0.4, -0.2) is 58.4 Å². The van der Waals surface area contributed by atoms with Crippen molar-refractivity contribution in [2.24, 2.45) is 12.0 Å². The van der Waals surface area contributed by atoms with Gasteiger partial charge in [0.15, 0.2) is 11.7 Å². The van der Waals surface area contributed by atoms with Crippen LogP contribution in [-0.2, 0) is 18.4 Å². The molecule has 3 rings (SSSR count). The van der Waals surface area contributed by atoms with E-state index in [4.69, 9.17) is 4.52 Å². The Balaban J connectivity index is 1.58. The molecule has 1 amide bonds.